The molecule has 1 aromatic carbocycles. The van der Waals surface area contributed by atoms with Crippen molar-refractivity contribution < 1.29 is 16.8 Å². The first kappa shape index (κ1) is 18.4. The van der Waals surface area contributed by atoms with Crippen LogP contribution in [0.15, 0.2) is 53.7 Å². The fourth-order valence-electron chi connectivity index (χ4n) is 3.77. The molecule has 0 N–H and O–H groups in total. The van der Waals surface area contributed by atoms with Gasteiger partial charge in [-0.15, -0.1) is 0 Å². The Kier molecular flexibility index (Phi) is 4.69. The van der Waals surface area contributed by atoms with E-state index in [0.29, 0.717) is 38.0 Å². The molecule has 0 aliphatic carbocycles. The van der Waals surface area contributed by atoms with Crippen LogP contribution in [-0.2, 0) is 26.5 Å². The Balaban J connectivity index is 1.60. The van der Waals surface area contributed by atoms with E-state index in [4.69, 9.17) is 0 Å². The smallest absolute Gasteiger partial charge is 0.244 e. The van der Waals surface area contributed by atoms with Gasteiger partial charge in [-0.2, -0.15) is 4.31 Å². The SMILES string of the molecule is O=S(=O)(c1cccnc1)N1CCC[C@@H](S(=O)(=O)N2CCc3ccccc32)C1. The molecule has 1 fully saturated rings. The number of anilines is 1. The van der Waals surface area contributed by atoms with Gasteiger partial charge in [0.25, 0.3) is 0 Å². The normalized spacial score (nSPS) is 21.2. The van der Waals surface area contributed by atoms with Crippen LogP contribution in [0.2, 0.25) is 0 Å². The minimum absolute atomic E-state index is 0.0295. The maximum atomic E-state index is 13.3. The van der Waals surface area contributed by atoms with Crippen molar-refractivity contribution in [2.75, 3.05) is 23.9 Å². The molecule has 1 atom stereocenters. The molecule has 2 aliphatic rings. The monoisotopic (exact) mass is 407 g/mol. The summed E-state index contributed by atoms with van der Waals surface area (Å²) >= 11 is 0. The van der Waals surface area contributed by atoms with Crippen LogP contribution in [0, 0.1) is 0 Å². The van der Waals surface area contributed by atoms with E-state index in [2.05, 4.69) is 4.98 Å². The van der Waals surface area contributed by atoms with Crippen LogP contribution in [0.5, 0.6) is 0 Å². The van der Waals surface area contributed by atoms with E-state index < -0.39 is 25.3 Å². The Bertz CT molecular complexity index is 1040. The second-order valence-electron chi connectivity index (χ2n) is 6.81. The maximum absolute atomic E-state index is 13.3. The summed E-state index contributed by atoms with van der Waals surface area (Å²) in [6, 6.07) is 10.5. The van der Waals surface area contributed by atoms with E-state index in [0.717, 1.165) is 5.56 Å². The van der Waals surface area contributed by atoms with E-state index in [1.54, 1.807) is 6.07 Å². The fourth-order valence-corrected chi connectivity index (χ4v) is 7.34. The van der Waals surface area contributed by atoms with E-state index in [1.807, 2.05) is 24.3 Å². The highest BCUT2D eigenvalue weighted by Gasteiger charge is 2.41. The Hall–Kier alpha value is -1.97. The van der Waals surface area contributed by atoms with Gasteiger partial charge in [0.1, 0.15) is 4.90 Å². The summed E-state index contributed by atoms with van der Waals surface area (Å²) in [7, 11) is -7.39. The highest BCUT2D eigenvalue weighted by atomic mass is 32.2. The fraction of sp³-hybridized carbons (Fsp3) is 0.389. The van der Waals surface area contributed by atoms with Crippen molar-refractivity contribution in [1.29, 1.82) is 0 Å². The van der Waals surface area contributed by atoms with Crippen molar-refractivity contribution in [3.05, 3.63) is 54.4 Å². The number of rotatable bonds is 4. The van der Waals surface area contributed by atoms with Gasteiger partial charge in [-0.25, -0.2) is 16.8 Å². The first-order valence-corrected chi connectivity index (χ1v) is 11.8. The lowest BCUT2D eigenvalue weighted by Gasteiger charge is -2.34. The molecule has 1 aromatic heterocycles. The number of para-hydroxylation sites is 1. The van der Waals surface area contributed by atoms with Gasteiger partial charge < -0.3 is 0 Å². The van der Waals surface area contributed by atoms with Gasteiger partial charge in [-0.3, -0.25) is 9.29 Å². The zero-order valence-electron chi connectivity index (χ0n) is 14.7. The van der Waals surface area contributed by atoms with Crippen LogP contribution in [0.4, 0.5) is 5.69 Å². The summed E-state index contributed by atoms with van der Waals surface area (Å²) in [4.78, 5) is 3.96. The Morgan fingerprint density at radius 3 is 2.59 bits per heavy atom. The number of sulfonamides is 2. The molecule has 4 rings (SSSR count). The highest BCUT2D eigenvalue weighted by molar-refractivity contribution is 7.93. The first-order chi connectivity index (χ1) is 12.9. The summed E-state index contributed by atoms with van der Waals surface area (Å²) in [6.45, 7) is 0.700. The lowest BCUT2D eigenvalue weighted by Crippen LogP contribution is -2.49. The Morgan fingerprint density at radius 2 is 1.81 bits per heavy atom. The van der Waals surface area contributed by atoms with E-state index in [-0.39, 0.29) is 11.4 Å². The molecule has 1 saturated heterocycles. The van der Waals surface area contributed by atoms with Gasteiger partial charge in [0.2, 0.25) is 20.0 Å². The average molecular weight is 408 g/mol. The molecule has 27 heavy (non-hydrogen) atoms. The highest BCUT2D eigenvalue weighted by Crippen LogP contribution is 2.33. The number of fused-ring (bicyclic) bond motifs is 1. The standard InChI is InChI=1S/C18H21N3O4S2/c22-26(23,16-6-3-10-19-13-16)20-11-4-7-17(14-20)27(24,25)21-12-9-15-5-1-2-8-18(15)21/h1-3,5-6,8,10,13,17H,4,7,9,11-12,14H2/t17-/m1/s1. The third-order valence-corrected chi connectivity index (χ3v) is 9.26. The van der Waals surface area contributed by atoms with Gasteiger partial charge >= 0.3 is 0 Å². The minimum Gasteiger partial charge on any atom is -0.269 e. The topological polar surface area (TPSA) is 87.6 Å². The molecule has 2 aromatic rings. The molecule has 144 valence electrons. The van der Waals surface area contributed by atoms with Crippen molar-refractivity contribution in [2.24, 2.45) is 0 Å². The van der Waals surface area contributed by atoms with Gasteiger partial charge in [-0.1, -0.05) is 18.2 Å². The third kappa shape index (κ3) is 3.24. The number of piperidine rings is 1. The van der Waals surface area contributed by atoms with E-state index in [9.17, 15) is 16.8 Å². The Morgan fingerprint density at radius 1 is 1.00 bits per heavy atom. The van der Waals surface area contributed by atoms with Crippen molar-refractivity contribution in [3.63, 3.8) is 0 Å². The van der Waals surface area contributed by atoms with Crippen LogP contribution in [0.3, 0.4) is 0 Å². The van der Waals surface area contributed by atoms with Crippen LogP contribution < -0.4 is 4.31 Å². The molecule has 0 amide bonds. The predicted molar refractivity (Wildman–Crippen MR) is 102 cm³/mol. The minimum atomic E-state index is -3.75. The molecule has 3 heterocycles. The van der Waals surface area contributed by atoms with Crippen LogP contribution >= 0.6 is 0 Å². The maximum Gasteiger partial charge on any atom is 0.244 e. The molecule has 7 nitrogen and oxygen atoms in total. The predicted octanol–water partition coefficient (Wildman–Crippen LogP) is 1.63. The molecule has 9 heteroatoms. The lowest BCUT2D eigenvalue weighted by molar-refractivity contribution is 0.345. The second kappa shape index (κ2) is 6.88. The molecule has 0 radical (unpaired) electrons. The summed E-state index contributed by atoms with van der Waals surface area (Å²) in [6.07, 6.45) is 4.45. The largest absolute Gasteiger partial charge is 0.269 e. The third-order valence-electron chi connectivity index (χ3n) is 5.19. The van der Waals surface area contributed by atoms with Gasteiger partial charge in [0.05, 0.1) is 10.9 Å². The van der Waals surface area contributed by atoms with E-state index >= 15 is 0 Å². The van der Waals surface area contributed by atoms with Crippen molar-refractivity contribution in [2.45, 2.75) is 29.4 Å². The van der Waals surface area contributed by atoms with Gasteiger partial charge in [0, 0.05) is 32.0 Å². The zero-order valence-corrected chi connectivity index (χ0v) is 16.4. The van der Waals surface area contributed by atoms with Crippen LogP contribution in [0.25, 0.3) is 0 Å². The average Bonchev–Trinajstić information content (AvgIpc) is 3.14. The summed E-state index contributed by atoms with van der Waals surface area (Å²) in [5.41, 5.74) is 1.72. The second-order valence-corrected chi connectivity index (χ2v) is 10.9. The Labute approximate surface area is 159 Å². The van der Waals surface area contributed by atoms with Crippen LogP contribution in [0.1, 0.15) is 18.4 Å². The number of hydrogen-bond donors (Lipinski definition) is 0. The van der Waals surface area contributed by atoms with Crippen molar-refractivity contribution in [3.8, 4) is 0 Å². The lowest BCUT2D eigenvalue weighted by atomic mass is 10.2. The number of aromatic nitrogens is 1. The number of hydrogen-bond acceptors (Lipinski definition) is 5. The van der Waals surface area contributed by atoms with Crippen molar-refractivity contribution in [1.82, 2.24) is 9.29 Å². The molecule has 0 saturated carbocycles. The number of pyridine rings is 1. The molecular weight excluding hydrogens is 386 g/mol. The quantitative estimate of drug-likeness (QED) is 0.769. The molecule has 2 aliphatic heterocycles. The number of benzene rings is 1. The van der Waals surface area contributed by atoms with Gasteiger partial charge in [0.15, 0.2) is 0 Å². The first-order valence-electron chi connectivity index (χ1n) is 8.90. The van der Waals surface area contributed by atoms with E-state index in [1.165, 1.54) is 27.1 Å². The summed E-state index contributed by atoms with van der Waals surface area (Å²) < 4.78 is 54.9. The zero-order chi connectivity index (χ0) is 19.1. The molecule has 0 bridgehead atoms. The van der Waals surface area contributed by atoms with Crippen LogP contribution in [-0.4, -0.2) is 51.0 Å². The molecule has 0 spiro atoms. The summed E-state index contributed by atoms with van der Waals surface area (Å²) in [5, 5.41) is -0.746. The van der Waals surface area contributed by atoms with Crippen molar-refractivity contribution >= 4 is 25.7 Å². The number of nitrogens with zero attached hydrogens (tertiary/aromatic N) is 3. The summed E-state index contributed by atoms with van der Waals surface area (Å²) in [5.74, 6) is 0. The molecule has 0 unspecified atom stereocenters. The van der Waals surface area contributed by atoms with Gasteiger partial charge in [-0.05, 0) is 43.0 Å². The molecular formula is C18H21N3O4S2.